The number of H-pyrrole nitrogens is 1. The van der Waals surface area contributed by atoms with E-state index in [9.17, 15) is 0 Å². The third-order valence-electron chi connectivity index (χ3n) is 2.87. The van der Waals surface area contributed by atoms with Gasteiger partial charge < -0.3 is 9.55 Å². The molecule has 1 aromatic carbocycles. The summed E-state index contributed by atoms with van der Waals surface area (Å²) in [5, 5.41) is 7.67. The Balaban J connectivity index is 0.00000147. The molecule has 0 unspecified atom stereocenters. The van der Waals surface area contributed by atoms with E-state index in [0.29, 0.717) is 12.1 Å². The van der Waals surface area contributed by atoms with Crippen LogP contribution >= 0.6 is 12.4 Å². The van der Waals surface area contributed by atoms with Gasteiger partial charge in [0.25, 0.3) is 0 Å². The minimum Gasteiger partial charge on any atom is -0.340 e. The molecule has 5 nitrogen and oxygen atoms in total. The molecule has 0 bridgehead atoms. The third kappa shape index (κ3) is 2.78. The van der Waals surface area contributed by atoms with Gasteiger partial charge in [-0.1, -0.05) is 42.5 Å². The van der Waals surface area contributed by atoms with Gasteiger partial charge in [-0.25, -0.2) is 9.97 Å². The van der Waals surface area contributed by atoms with Crippen LogP contribution in [0.5, 0.6) is 0 Å². The molecular formula is C14H14ClN5. The highest BCUT2D eigenvalue weighted by atomic mass is 35.5. The van der Waals surface area contributed by atoms with Crippen LogP contribution in [0.3, 0.4) is 0 Å². The molecule has 2 aromatic heterocycles. The normalized spacial score (nSPS) is 10.8. The lowest BCUT2D eigenvalue weighted by Gasteiger charge is -2.02. The van der Waals surface area contributed by atoms with E-state index in [4.69, 9.17) is 5.41 Å². The fourth-order valence-electron chi connectivity index (χ4n) is 1.93. The Kier molecular flexibility index (Phi) is 4.32. The number of fused-ring (bicyclic) bond motifs is 1. The van der Waals surface area contributed by atoms with Crippen LogP contribution in [0.1, 0.15) is 5.56 Å². The molecule has 6 heteroatoms. The van der Waals surface area contributed by atoms with E-state index < -0.39 is 0 Å². The van der Waals surface area contributed by atoms with E-state index in [0.717, 1.165) is 11.2 Å². The van der Waals surface area contributed by atoms with E-state index >= 15 is 0 Å². The van der Waals surface area contributed by atoms with Gasteiger partial charge in [0, 0.05) is 6.54 Å². The van der Waals surface area contributed by atoms with Crippen LogP contribution in [0.15, 0.2) is 49.1 Å². The molecule has 3 aromatic rings. The number of halogens is 1. The van der Waals surface area contributed by atoms with Gasteiger partial charge in [-0.2, -0.15) is 0 Å². The van der Waals surface area contributed by atoms with Crippen LogP contribution in [0.4, 0.5) is 0 Å². The second kappa shape index (κ2) is 6.16. The van der Waals surface area contributed by atoms with E-state index in [1.807, 2.05) is 22.8 Å². The molecule has 0 spiro atoms. The minimum absolute atomic E-state index is 0. The molecular weight excluding hydrogens is 274 g/mol. The summed E-state index contributed by atoms with van der Waals surface area (Å²) in [5.74, 6) is 0. The average molecular weight is 288 g/mol. The van der Waals surface area contributed by atoms with Crippen molar-refractivity contribution in [2.75, 3.05) is 0 Å². The molecule has 2 heterocycles. The summed E-state index contributed by atoms with van der Waals surface area (Å²) in [4.78, 5) is 11.2. The Morgan fingerprint density at radius 1 is 1.20 bits per heavy atom. The van der Waals surface area contributed by atoms with Gasteiger partial charge in [0.15, 0.2) is 11.1 Å². The van der Waals surface area contributed by atoms with Crippen molar-refractivity contribution in [1.82, 2.24) is 19.5 Å². The van der Waals surface area contributed by atoms with Crippen LogP contribution in [-0.4, -0.2) is 19.5 Å². The van der Waals surface area contributed by atoms with Crippen molar-refractivity contribution >= 4 is 29.6 Å². The quantitative estimate of drug-likeness (QED) is 0.776. The lowest BCUT2D eigenvalue weighted by atomic mass is 10.2. The molecule has 0 aliphatic heterocycles. The number of benzene rings is 1. The molecule has 0 amide bonds. The summed E-state index contributed by atoms with van der Waals surface area (Å²) in [7, 11) is 0. The van der Waals surface area contributed by atoms with Crippen LogP contribution in [-0.2, 0) is 6.54 Å². The summed E-state index contributed by atoms with van der Waals surface area (Å²) < 4.78 is 1.91. The van der Waals surface area contributed by atoms with Crippen LogP contribution in [0.25, 0.3) is 17.2 Å². The van der Waals surface area contributed by atoms with Crippen molar-refractivity contribution in [1.29, 1.82) is 5.41 Å². The number of rotatable bonds is 3. The topological polar surface area (TPSA) is 70.3 Å². The molecule has 20 heavy (non-hydrogen) atoms. The van der Waals surface area contributed by atoms with Crippen LogP contribution in [0.2, 0.25) is 0 Å². The average Bonchev–Trinajstić information content (AvgIpc) is 2.93. The molecule has 0 atom stereocenters. The molecule has 0 saturated heterocycles. The number of allylic oxidation sites excluding steroid dienone is 1. The van der Waals surface area contributed by atoms with E-state index in [1.165, 1.54) is 0 Å². The minimum atomic E-state index is 0. The standard InChI is InChI=1S/C14H13N5.ClH/c15-13-12-14(17-9-16-12)19(10-18-13)8-4-7-11-5-2-1-3-6-11;/h1-7,9-10,15H,8H2,(H,16,17);1H/b7-4+,15-13?;. The van der Waals surface area contributed by atoms with E-state index in [2.05, 4.69) is 39.2 Å². The van der Waals surface area contributed by atoms with Crippen molar-refractivity contribution in [2.45, 2.75) is 6.54 Å². The lowest BCUT2D eigenvalue weighted by molar-refractivity contribution is 0.805. The van der Waals surface area contributed by atoms with Gasteiger partial charge in [0.05, 0.1) is 12.7 Å². The molecule has 0 aliphatic rings. The number of imidazole rings is 1. The zero-order valence-electron chi connectivity index (χ0n) is 10.7. The highest BCUT2D eigenvalue weighted by molar-refractivity contribution is 5.85. The molecule has 0 radical (unpaired) electrons. The summed E-state index contributed by atoms with van der Waals surface area (Å²) in [6, 6.07) is 10.1. The Hall–Kier alpha value is -2.40. The first kappa shape index (κ1) is 14.0. The number of aromatic nitrogens is 4. The number of hydrogen-bond donors (Lipinski definition) is 2. The number of aromatic amines is 1. The predicted molar refractivity (Wildman–Crippen MR) is 80.5 cm³/mol. The second-order valence-electron chi connectivity index (χ2n) is 4.16. The lowest BCUT2D eigenvalue weighted by Crippen LogP contribution is -2.12. The Morgan fingerprint density at radius 3 is 2.80 bits per heavy atom. The van der Waals surface area contributed by atoms with Crippen LogP contribution < -0.4 is 5.49 Å². The number of nitrogens with one attached hydrogen (secondary N) is 2. The molecule has 102 valence electrons. The first-order valence-electron chi connectivity index (χ1n) is 5.99. The molecule has 0 aliphatic carbocycles. The first-order chi connectivity index (χ1) is 9.34. The first-order valence-corrected chi connectivity index (χ1v) is 5.99. The summed E-state index contributed by atoms with van der Waals surface area (Å²) in [6.07, 6.45) is 7.33. The summed E-state index contributed by atoms with van der Waals surface area (Å²) in [6.45, 7) is 0.670. The van der Waals surface area contributed by atoms with Gasteiger partial charge in [0.2, 0.25) is 0 Å². The maximum Gasteiger partial charge on any atom is 0.173 e. The fraction of sp³-hybridized carbons (Fsp3) is 0.0714. The maximum atomic E-state index is 7.67. The highest BCUT2D eigenvalue weighted by Gasteiger charge is 2.02. The Morgan fingerprint density at radius 2 is 2.00 bits per heavy atom. The largest absolute Gasteiger partial charge is 0.340 e. The monoisotopic (exact) mass is 287 g/mol. The molecule has 0 fully saturated rings. The third-order valence-corrected chi connectivity index (χ3v) is 2.87. The smallest absolute Gasteiger partial charge is 0.173 e. The van der Waals surface area contributed by atoms with Gasteiger partial charge in [-0.05, 0) is 5.56 Å². The number of hydrogen-bond acceptors (Lipinski definition) is 3. The zero-order valence-corrected chi connectivity index (χ0v) is 11.5. The van der Waals surface area contributed by atoms with Crippen molar-refractivity contribution in [3.05, 3.63) is 60.1 Å². The highest BCUT2D eigenvalue weighted by Crippen LogP contribution is 2.05. The zero-order chi connectivity index (χ0) is 13.1. The van der Waals surface area contributed by atoms with Gasteiger partial charge in [-0.15, -0.1) is 12.4 Å². The Labute approximate surface area is 121 Å². The van der Waals surface area contributed by atoms with Crippen molar-refractivity contribution < 1.29 is 0 Å². The molecule has 0 saturated carbocycles. The van der Waals surface area contributed by atoms with E-state index in [-0.39, 0.29) is 17.9 Å². The summed E-state index contributed by atoms with van der Waals surface area (Å²) >= 11 is 0. The van der Waals surface area contributed by atoms with Gasteiger partial charge in [-0.3, -0.25) is 5.41 Å². The van der Waals surface area contributed by atoms with E-state index in [1.54, 1.807) is 12.7 Å². The van der Waals surface area contributed by atoms with Gasteiger partial charge >= 0.3 is 0 Å². The second-order valence-corrected chi connectivity index (χ2v) is 4.16. The fourth-order valence-corrected chi connectivity index (χ4v) is 1.93. The number of nitrogens with zero attached hydrogens (tertiary/aromatic N) is 3. The SMILES string of the molecule is Cl.N=c1ncn(C/C=C/c2ccccc2)c2nc[nH]c12. The molecule has 3 rings (SSSR count). The van der Waals surface area contributed by atoms with Crippen molar-refractivity contribution in [3.8, 4) is 0 Å². The maximum absolute atomic E-state index is 7.67. The van der Waals surface area contributed by atoms with Crippen molar-refractivity contribution in [3.63, 3.8) is 0 Å². The summed E-state index contributed by atoms with van der Waals surface area (Å²) in [5.41, 5.74) is 2.79. The Bertz CT molecular complexity index is 773. The predicted octanol–water partition coefficient (Wildman–Crippen LogP) is 2.37. The van der Waals surface area contributed by atoms with Crippen molar-refractivity contribution in [2.24, 2.45) is 0 Å². The molecule has 2 N–H and O–H groups in total. The van der Waals surface area contributed by atoms with Crippen LogP contribution in [0, 0.1) is 5.41 Å². The van der Waals surface area contributed by atoms with Gasteiger partial charge in [0.1, 0.15) is 5.52 Å².